The Balaban J connectivity index is 1.50. The van der Waals surface area contributed by atoms with Crippen LogP contribution in [0.25, 0.3) is 0 Å². The van der Waals surface area contributed by atoms with Crippen LogP contribution in [0.4, 0.5) is 0 Å². The van der Waals surface area contributed by atoms with Crippen LogP contribution in [-0.4, -0.2) is 44.0 Å². The minimum Gasteiger partial charge on any atom is -0.351 e. The van der Waals surface area contributed by atoms with Gasteiger partial charge in [0.2, 0.25) is 10.0 Å². The van der Waals surface area contributed by atoms with Crippen molar-refractivity contribution in [3.05, 3.63) is 59.1 Å². The summed E-state index contributed by atoms with van der Waals surface area (Å²) in [4.78, 5) is 13.5. The molecule has 0 spiro atoms. The molecule has 0 saturated carbocycles. The fraction of sp³-hybridized carbons (Fsp3) is 0.316. The van der Waals surface area contributed by atoms with Crippen molar-refractivity contribution in [2.45, 2.75) is 22.6 Å². The summed E-state index contributed by atoms with van der Waals surface area (Å²) in [5.74, 6) is 0.520. The van der Waals surface area contributed by atoms with Gasteiger partial charge >= 0.3 is 0 Å². The quantitative estimate of drug-likeness (QED) is 0.544. The van der Waals surface area contributed by atoms with Crippen molar-refractivity contribution in [3.8, 4) is 0 Å². The lowest BCUT2D eigenvalue weighted by Crippen LogP contribution is -2.28. The van der Waals surface area contributed by atoms with Crippen LogP contribution >= 0.6 is 23.4 Å². The first kappa shape index (κ1) is 20.2. The maximum atomic E-state index is 12.5. The van der Waals surface area contributed by atoms with Gasteiger partial charge in [-0.2, -0.15) is 4.31 Å². The molecule has 27 heavy (non-hydrogen) atoms. The highest BCUT2D eigenvalue weighted by Crippen LogP contribution is 2.21. The molecule has 1 fully saturated rings. The number of carbonyl (C=O) groups excluding carboxylic acids is 1. The average Bonchev–Trinajstić information content (AvgIpc) is 3.22. The molecule has 1 N–H and O–H groups in total. The van der Waals surface area contributed by atoms with Crippen molar-refractivity contribution in [1.82, 2.24) is 9.62 Å². The van der Waals surface area contributed by atoms with Gasteiger partial charge in [-0.15, -0.1) is 11.8 Å². The molecular weight excluding hydrogens is 404 g/mol. The molecule has 8 heteroatoms. The van der Waals surface area contributed by atoms with Gasteiger partial charge in [-0.25, -0.2) is 8.42 Å². The number of nitrogens with zero attached hydrogens (tertiary/aromatic N) is 1. The summed E-state index contributed by atoms with van der Waals surface area (Å²) in [6.45, 7) is 1.64. The summed E-state index contributed by atoms with van der Waals surface area (Å²) in [7, 11) is -3.45. The van der Waals surface area contributed by atoms with Crippen molar-refractivity contribution in [3.63, 3.8) is 0 Å². The Bertz CT molecular complexity index is 878. The number of sulfonamides is 1. The SMILES string of the molecule is O=C(NCCSc1ccc(Cl)cc1)c1ccc(S(=O)(=O)N2CCCC2)cc1. The monoisotopic (exact) mass is 424 g/mol. The molecule has 1 saturated heterocycles. The molecule has 144 valence electrons. The van der Waals surface area contributed by atoms with Gasteiger partial charge in [-0.1, -0.05) is 11.6 Å². The van der Waals surface area contributed by atoms with Gasteiger partial charge in [-0.3, -0.25) is 4.79 Å². The Morgan fingerprint density at radius 2 is 1.67 bits per heavy atom. The highest BCUT2D eigenvalue weighted by atomic mass is 35.5. The average molecular weight is 425 g/mol. The van der Waals surface area contributed by atoms with E-state index in [1.54, 1.807) is 23.9 Å². The number of hydrogen-bond acceptors (Lipinski definition) is 4. The van der Waals surface area contributed by atoms with E-state index in [1.807, 2.05) is 24.3 Å². The van der Waals surface area contributed by atoms with E-state index < -0.39 is 10.0 Å². The summed E-state index contributed by atoms with van der Waals surface area (Å²) in [5.41, 5.74) is 0.451. The number of halogens is 1. The Kier molecular flexibility index (Phi) is 6.81. The zero-order valence-electron chi connectivity index (χ0n) is 14.7. The van der Waals surface area contributed by atoms with Gasteiger partial charge < -0.3 is 5.32 Å². The van der Waals surface area contributed by atoms with Crippen molar-refractivity contribution >= 4 is 39.3 Å². The lowest BCUT2D eigenvalue weighted by Gasteiger charge is -2.15. The predicted octanol–water partition coefficient (Wildman–Crippen LogP) is 3.65. The molecule has 0 atom stereocenters. The number of thioether (sulfide) groups is 1. The van der Waals surface area contributed by atoms with Crippen molar-refractivity contribution < 1.29 is 13.2 Å². The van der Waals surface area contributed by atoms with Crippen LogP contribution in [-0.2, 0) is 10.0 Å². The van der Waals surface area contributed by atoms with Gasteiger partial charge in [0.25, 0.3) is 5.91 Å². The maximum absolute atomic E-state index is 12.5. The van der Waals surface area contributed by atoms with Crippen LogP contribution in [0.2, 0.25) is 5.02 Å². The molecule has 2 aromatic carbocycles. The largest absolute Gasteiger partial charge is 0.351 e. The van der Waals surface area contributed by atoms with E-state index in [4.69, 9.17) is 11.6 Å². The lowest BCUT2D eigenvalue weighted by atomic mass is 10.2. The normalized spacial score (nSPS) is 15.0. The van der Waals surface area contributed by atoms with Gasteiger partial charge in [-0.05, 0) is 61.4 Å². The summed E-state index contributed by atoms with van der Waals surface area (Å²) < 4.78 is 26.5. The number of carbonyl (C=O) groups is 1. The van der Waals surface area contributed by atoms with Gasteiger partial charge in [0.15, 0.2) is 0 Å². The Hall–Kier alpha value is -1.54. The van der Waals surface area contributed by atoms with E-state index in [2.05, 4.69) is 5.32 Å². The number of rotatable bonds is 7. The first-order valence-electron chi connectivity index (χ1n) is 8.73. The molecule has 1 aliphatic heterocycles. The first-order chi connectivity index (χ1) is 13.0. The fourth-order valence-corrected chi connectivity index (χ4v) is 5.23. The molecular formula is C19H21ClN2O3S2. The number of amides is 1. The predicted molar refractivity (Wildman–Crippen MR) is 109 cm³/mol. The zero-order chi connectivity index (χ0) is 19.3. The lowest BCUT2D eigenvalue weighted by molar-refractivity contribution is 0.0956. The van der Waals surface area contributed by atoms with E-state index >= 15 is 0 Å². The van der Waals surface area contributed by atoms with Gasteiger partial charge in [0, 0.05) is 40.9 Å². The molecule has 2 aromatic rings. The molecule has 0 unspecified atom stereocenters. The Morgan fingerprint density at radius 1 is 1.04 bits per heavy atom. The molecule has 0 aromatic heterocycles. The minimum absolute atomic E-state index is 0.211. The number of benzene rings is 2. The van der Waals surface area contributed by atoms with Crippen LogP contribution in [0.15, 0.2) is 58.3 Å². The van der Waals surface area contributed by atoms with Crippen molar-refractivity contribution in [2.75, 3.05) is 25.4 Å². The molecule has 1 amide bonds. The van der Waals surface area contributed by atoms with E-state index in [1.165, 1.54) is 16.4 Å². The van der Waals surface area contributed by atoms with Crippen molar-refractivity contribution in [1.29, 1.82) is 0 Å². The molecule has 5 nitrogen and oxygen atoms in total. The summed E-state index contributed by atoms with van der Waals surface area (Å²) in [6.07, 6.45) is 1.79. The van der Waals surface area contributed by atoms with Gasteiger partial charge in [0.1, 0.15) is 0 Å². The summed E-state index contributed by atoms with van der Waals surface area (Å²) in [5, 5.41) is 3.55. The second-order valence-electron chi connectivity index (χ2n) is 6.19. The highest BCUT2D eigenvalue weighted by molar-refractivity contribution is 7.99. The van der Waals surface area contributed by atoms with Crippen LogP contribution in [0.1, 0.15) is 23.2 Å². The van der Waals surface area contributed by atoms with Gasteiger partial charge in [0.05, 0.1) is 4.90 Å². The standard InChI is InChI=1S/C19H21ClN2O3S2/c20-16-5-7-17(8-6-16)26-14-11-21-19(23)15-3-9-18(10-4-15)27(24,25)22-12-1-2-13-22/h3-10H,1-2,11-14H2,(H,21,23). The highest BCUT2D eigenvalue weighted by Gasteiger charge is 2.27. The second kappa shape index (κ2) is 9.10. The third-order valence-electron chi connectivity index (χ3n) is 4.29. The molecule has 0 aliphatic carbocycles. The third kappa shape index (κ3) is 5.25. The third-order valence-corrected chi connectivity index (χ3v) is 7.47. The van der Waals surface area contributed by atoms with Crippen LogP contribution in [0, 0.1) is 0 Å². The van der Waals surface area contributed by atoms with E-state index in [-0.39, 0.29) is 10.8 Å². The summed E-state index contributed by atoms with van der Waals surface area (Å²) in [6, 6.07) is 13.7. The molecule has 1 aliphatic rings. The second-order valence-corrected chi connectivity index (χ2v) is 9.74. The number of hydrogen-bond donors (Lipinski definition) is 1. The topological polar surface area (TPSA) is 66.5 Å². The van der Waals surface area contributed by atoms with Crippen LogP contribution < -0.4 is 5.32 Å². The molecule has 0 bridgehead atoms. The maximum Gasteiger partial charge on any atom is 0.251 e. The van der Waals surface area contributed by atoms with Crippen molar-refractivity contribution in [2.24, 2.45) is 0 Å². The smallest absolute Gasteiger partial charge is 0.251 e. The van der Waals surface area contributed by atoms with Crippen LogP contribution in [0.5, 0.6) is 0 Å². The summed E-state index contributed by atoms with van der Waals surface area (Å²) >= 11 is 7.48. The fourth-order valence-electron chi connectivity index (χ4n) is 2.82. The Labute approximate surface area is 169 Å². The van der Waals surface area contributed by atoms with E-state index in [0.717, 1.165) is 23.5 Å². The van der Waals surface area contributed by atoms with E-state index in [9.17, 15) is 13.2 Å². The molecule has 1 heterocycles. The first-order valence-corrected chi connectivity index (χ1v) is 11.5. The van der Waals surface area contributed by atoms with E-state index in [0.29, 0.717) is 30.2 Å². The van der Waals surface area contributed by atoms with Crippen LogP contribution in [0.3, 0.4) is 0 Å². The zero-order valence-corrected chi connectivity index (χ0v) is 17.1. The molecule has 3 rings (SSSR count). The Morgan fingerprint density at radius 3 is 2.30 bits per heavy atom. The molecule has 0 radical (unpaired) electrons. The number of nitrogens with one attached hydrogen (secondary N) is 1. The minimum atomic E-state index is -3.45.